The summed E-state index contributed by atoms with van der Waals surface area (Å²) in [4.78, 5) is 13.3. The van der Waals surface area contributed by atoms with Crippen molar-refractivity contribution in [2.24, 2.45) is 5.92 Å². The van der Waals surface area contributed by atoms with Gasteiger partial charge in [-0.1, -0.05) is 0 Å². The molecule has 3 fully saturated rings. The monoisotopic (exact) mass is 199 g/mol. The van der Waals surface area contributed by atoms with Crippen LogP contribution in [-0.2, 0) is 14.3 Å². The number of hydrogen-bond acceptors (Lipinski definition) is 4. The van der Waals surface area contributed by atoms with Gasteiger partial charge in [0.1, 0.15) is 6.10 Å². The Bertz CT molecular complexity index is 282. The van der Waals surface area contributed by atoms with E-state index in [4.69, 9.17) is 9.47 Å². The van der Waals surface area contributed by atoms with Gasteiger partial charge in [0.05, 0.1) is 18.1 Å². The summed E-state index contributed by atoms with van der Waals surface area (Å²) >= 11 is 0. The second kappa shape index (κ2) is 2.68. The maximum Gasteiger partial charge on any atom is 0.252 e. The van der Waals surface area contributed by atoms with E-state index < -0.39 is 12.4 Å². The molecule has 3 saturated heterocycles. The summed E-state index contributed by atoms with van der Waals surface area (Å²) in [5.41, 5.74) is 0. The highest BCUT2D eigenvalue weighted by Gasteiger charge is 2.62. The molecule has 0 unspecified atom stereocenters. The third-order valence-electron chi connectivity index (χ3n) is 3.55. The van der Waals surface area contributed by atoms with Crippen LogP contribution in [-0.4, -0.2) is 54.1 Å². The number of amides is 1. The van der Waals surface area contributed by atoms with Gasteiger partial charge in [-0.3, -0.25) is 4.79 Å². The first-order chi connectivity index (χ1) is 6.74. The van der Waals surface area contributed by atoms with Gasteiger partial charge in [0.2, 0.25) is 0 Å². The van der Waals surface area contributed by atoms with Gasteiger partial charge in [-0.25, -0.2) is 0 Å². The minimum Gasteiger partial charge on any atom is -0.383 e. The average molecular weight is 199 g/mol. The Labute approximate surface area is 81.6 Å². The number of carbonyl (C=O) groups excluding carboxylic acids is 1. The molecule has 5 heteroatoms. The van der Waals surface area contributed by atoms with Gasteiger partial charge in [0.15, 0.2) is 6.29 Å². The fourth-order valence-corrected chi connectivity index (χ4v) is 2.95. The van der Waals surface area contributed by atoms with Crippen LogP contribution in [0.1, 0.15) is 6.42 Å². The molecule has 1 N–H and O–H groups in total. The number of aliphatic hydroxyl groups excluding tert-OH is 1. The van der Waals surface area contributed by atoms with Crippen molar-refractivity contribution in [1.29, 1.82) is 0 Å². The number of carbonyl (C=O) groups is 1. The van der Waals surface area contributed by atoms with Gasteiger partial charge in [0, 0.05) is 13.7 Å². The minimum atomic E-state index is -0.935. The molecule has 1 amide bonds. The molecular weight excluding hydrogens is 186 g/mol. The van der Waals surface area contributed by atoms with Crippen molar-refractivity contribution < 1.29 is 19.4 Å². The molecule has 78 valence electrons. The molecular formula is C9H13NO4. The molecule has 0 aromatic rings. The van der Waals surface area contributed by atoms with E-state index in [0.717, 1.165) is 6.42 Å². The Morgan fingerprint density at radius 1 is 1.64 bits per heavy atom. The summed E-state index contributed by atoms with van der Waals surface area (Å²) in [6, 6.07) is 0.0439. The molecule has 3 aliphatic heterocycles. The summed E-state index contributed by atoms with van der Waals surface area (Å²) in [6.45, 7) is 0.707. The van der Waals surface area contributed by atoms with Crippen LogP contribution < -0.4 is 0 Å². The second-order valence-electron chi connectivity index (χ2n) is 4.11. The van der Waals surface area contributed by atoms with Crippen LogP contribution in [0.4, 0.5) is 0 Å². The lowest BCUT2D eigenvalue weighted by Crippen LogP contribution is -2.32. The van der Waals surface area contributed by atoms with Crippen molar-refractivity contribution in [3.05, 3.63) is 0 Å². The zero-order chi connectivity index (χ0) is 9.87. The summed E-state index contributed by atoms with van der Waals surface area (Å²) < 4.78 is 10.7. The molecule has 3 aliphatic rings. The average Bonchev–Trinajstić information content (AvgIpc) is 2.77. The zero-order valence-electron chi connectivity index (χ0n) is 7.92. The fourth-order valence-electron chi connectivity index (χ4n) is 2.95. The van der Waals surface area contributed by atoms with Gasteiger partial charge in [-0.2, -0.15) is 0 Å². The molecule has 0 aliphatic carbocycles. The van der Waals surface area contributed by atoms with Crippen molar-refractivity contribution in [1.82, 2.24) is 4.90 Å². The molecule has 3 rings (SSSR count). The standard InChI is InChI=1S/C9H13NO4/c1-13-9-5-6-4(14-9)2-3-10(6)8(12)7(5)11/h4-7,9,11H,2-3H2,1H3/t4-,5-,6+,7-,9+/m1/s1. The van der Waals surface area contributed by atoms with Crippen LogP contribution in [0.5, 0.6) is 0 Å². The van der Waals surface area contributed by atoms with E-state index in [0.29, 0.717) is 6.54 Å². The van der Waals surface area contributed by atoms with E-state index in [2.05, 4.69) is 0 Å². The first-order valence-corrected chi connectivity index (χ1v) is 4.91. The maximum absolute atomic E-state index is 11.6. The number of methoxy groups -OCH3 is 1. The van der Waals surface area contributed by atoms with Gasteiger partial charge >= 0.3 is 0 Å². The largest absolute Gasteiger partial charge is 0.383 e. The molecule has 0 aromatic carbocycles. The Kier molecular flexibility index (Phi) is 1.66. The summed E-state index contributed by atoms with van der Waals surface area (Å²) in [6.07, 6.45) is -0.435. The molecule has 3 heterocycles. The van der Waals surface area contributed by atoms with Crippen molar-refractivity contribution >= 4 is 5.91 Å². The van der Waals surface area contributed by atoms with Crippen molar-refractivity contribution in [2.75, 3.05) is 13.7 Å². The highest BCUT2D eigenvalue weighted by atomic mass is 16.7. The van der Waals surface area contributed by atoms with Crippen LogP contribution >= 0.6 is 0 Å². The quantitative estimate of drug-likeness (QED) is 0.585. The predicted molar refractivity (Wildman–Crippen MR) is 45.3 cm³/mol. The molecule has 0 aromatic heterocycles. The number of nitrogens with zero attached hydrogens (tertiary/aromatic N) is 1. The number of ether oxygens (including phenoxy) is 2. The zero-order valence-corrected chi connectivity index (χ0v) is 7.92. The number of rotatable bonds is 1. The summed E-state index contributed by atoms with van der Waals surface area (Å²) in [7, 11) is 1.55. The Morgan fingerprint density at radius 2 is 2.43 bits per heavy atom. The van der Waals surface area contributed by atoms with Gasteiger partial charge in [-0.15, -0.1) is 0 Å². The molecule has 5 atom stereocenters. The normalized spacial score (nSPS) is 50.3. The van der Waals surface area contributed by atoms with E-state index >= 15 is 0 Å². The van der Waals surface area contributed by atoms with E-state index in [1.165, 1.54) is 0 Å². The lowest BCUT2D eigenvalue weighted by atomic mass is 9.97. The van der Waals surface area contributed by atoms with E-state index in [1.807, 2.05) is 0 Å². The van der Waals surface area contributed by atoms with Crippen molar-refractivity contribution in [3.63, 3.8) is 0 Å². The van der Waals surface area contributed by atoms with Crippen LogP contribution in [0.25, 0.3) is 0 Å². The Hall–Kier alpha value is -0.650. The van der Waals surface area contributed by atoms with Crippen LogP contribution in [0, 0.1) is 5.92 Å². The first kappa shape index (κ1) is 8.64. The predicted octanol–water partition coefficient (Wildman–Crippen LogP) is -1.05. The Morgan fingerprint density at radius 3 is 3.14 bits per heavy atom. The molecule has 14 heavy (non-hydrogen) atoms. The number of hydrogen-bond donors (Lipinski definition) is 1. The molecule has 0 spiro atoms. The second-order valence-corrected chi connectivity index (χ2v) is 4.11. The SMILES string of the molecule is CO[C@H]1O[C@@H]2CCN3C(=O)[C@H](O)[C@H]1[C@H]23. The van der Waals surface area contributed by atoms with E-state index in [-0.39, 0.29) is 24.0 Å². The lowest BCUT2D eigenvalue weighted by molar-refractivity contribution is -0.155. The highest BCUT2D eigenvalue weighted by molar-refractivity contribution is 5.84. The summed E-state index contributed by atoms with van der Waals surface area (Å²) in [5.74, 6) is -0.354. The van der Waals surface area contributed by atoms with Crippen LogP contribution in [0.3, 0.4) is 0 Å². The van der Waals surface area contributed by atoms with E-state index in [1.54, 1.807) is 12.0 Å². The van der Waals surface area contributed by atoms with Crippen LogP contribution in [0.2, 0.25) is 0 Å². The third-order valence-corrected chi connectivity index (χ3v) is 3.55. The molecule has 0 saturated carbocycles. The number of aliphatic hydroxyl groups is 1. The summed E-state index contributed by atoms with van der Waals surface area (Å²) in [5, 5.41) is 9.74. The highest BCUT2D eigenvalue weighted by Crippen LogP contribution is 2.44. The molecule has 0 radical (unpaired) electrons. The molecule has 5 nitrogen and oxygen atoms in total. The molecule has 0 bridgehead atoms. The fraction of sp³-hybridized carbons (Fsp3) is 0.889. The van der Waals surface area contributed by atoms with Gasteiger partial charge in [0.25, 0.3) is 5.91 Å². The smallest absolute Gasteiger partial charge is 0.252 e. The minimum absolute atomic E-state index is 0.0439. The van der Waals surface area contributed by atoms with Gasteiger partial charge in [-0.05, 0) is 6.42 Å². The third kappa shape index (κ3) is 0.827. The Balaban J connectivity index is 1.96. The van der Waals surface area contributed by atoms with Gasteiger partial charge < -0.3 is 19.5 Å². The van der Waals surface area contributed by atoms with Crippen molar-refractivity contribution in [3.8, 4) is 0 Å². The maximum atomic E-state index is 11.6. The topological polar surface area (TPSA) is 59.0 Å². The van der Waals surface area contributed by atoms with Crippen molar-refractivity contribution in [2.45, 2.75) is 31.0 Å². The van der Waals surface area contributed by atoms with Crippen LogP contribution in [0.15, 0.2) is 0 Å². The van der Waals surface area contributed by atoms with E-state index in [9.17, 15) is 9.90 Å². The lowest BCUT2D eigenvalue weighted by Gasteiger charge is -2.16. The first-order valence-electron chi connectivity index (χ1n) is 4.91.